The molecular weight excluding hydrogens is 1030 g/mol. The summed E-state index contributed by atoms with van der Waals surface area (Å²) >= 11 is 23.7. The number of hydrogen-bond acceptors (Lipinski definition) is 14. The quantitative estimate of drug-likeness (QED) is 0.0237. The number of unbranched alkanes of at least 4 members (excludes halogenated alkanes) is 13. The van der Waals surface area contributed by atoms with Crippen molar-refractivity contribution in [1.29, 1.82) is 0 Å². The molecule has 4 rings (SSSR count). The van der Waals surface area contributed by atoms with Crippen LogP contribution in [0, 0.1) is 0 Å². The number of imide groups is 2. The Bertz CT molecular complexity index is 1840. The summed E-state index contributed by atoms with van der Waals surface area (Å²) in [5.41, 5.74) is 16.0. The lowest BCUT2D eigenvalue weighted by atomic mass is 10.0. The highest BCUT2D eigenvalue weighted by molar-refractivity contribution is 6.19. The van der Waals surface area contributed by atoms with Crippen molar-refractivity contribution >= 4 is 93.3 Å². The molecule has 0 radical (unpaired) electrons. The Morgan fingerprint density at radius 3 is 1.11 bits per heavy atom. The van der Waals surface area contributed by atoms with Gasteiger partial charge >= 0.3 is 11.9 Å². The second-order valence-corrected chi connectivity index (χ2v) is 20.7. The molecular formula is C54H82Cl4N8O8. The van der Waals surface area contributed by atoms with Gasteiger partial charge in [0.2, 0.25) is 23.6 Å². The summed E-state index contributed by atoms with van der Waals surface area (Å²) in [6.07, 6.45) is 16.8. The van der Waals surface area contributed by atoms with Crippen LogP contribution in [-0.4, -0.2) is 159 Å². The average Bonchev–Trinajstić information content (AvgIpc) is 3.82. The number of nitrogens with zero attached hydrogens (tertiary/aromatic N) is 4. The van der Waals surface area contributed by atoms with Crippen LogP contribution >= 0.6 is 46.4 Å². The Morgan fingerprint density at radius 1 is 0.514 bits per heavy atom. The summed E-state index contributed by atoms with van der Waals surface area (Å²) in [5, 5.41) is 6.49. The highest BCUT2D eigenvalue weighted by Gasteiger charge is 2.39. The maximum absolute atomic E-state index is 12.9. The number of halogens is 4. The van der Waals surface area contributed by atoms with Gasteiger partial charge in [0.25, 0.3) is 0 Å². The third kappa shape index (κ3) is 22.5. The number of likely N-dealkylation sites (tertiary alicyclic amines) is 2. The van der Waals surface area contributed by atoms with Crippen LogP contribution in [0.2, 0.25) is 0 Å². The van der Waals surface area contributed by atoms with E-state index >= 15 is 0 Å². The number of carbonyl (C=O) groups is 6. The van der Waals surface area contributed by atoms with Crippen molar-refractivity contribution in [1.82, 2.24) is 20.4 Å². The minimum Gasteiger partial charge on any atom is -0.463 e. The van der Waals surface area contributed by atoms with Crippen molar-refractivity contribution < 1.29 is 38.2 Å². The first-order chi connectivity index (χ1) is 35.9. The number of hydrogen-bond donors (Lipinski definition) is 4. The van der Waals surface area contributed by atoms with E-state index in [-0.39, 0.29) is 62.8 Å². The van der Waals surface area contributed by atoms with E-state index in [0.29, 0.717) is 75.6 Å². The average molecular weight is 1110 g/mol. The number of ether oxygens (including phenoxy) is 2. The van der Waals surface area contributed by atoms with Crippen LogP contribution in [0.15, 0.2) is 48.5 Å². The molecule has 2 aromatic rings. The van der Waals surface area contributed by atoms with Gasteiger partial charge in [-0.2, -0.15) is 0 Å². The first-order valence-corrected chi connectivity index (χ1v) is 29.0. The number of amides is 4. The Hall–Kier alpha value is -3.74. The Balaban J connectivity index is 0.917. The van der Waals surface area contributed by atoms with Crippen molar-refractivity contribution in [2.75, 3.05) is 98.9 Å². The molecule has 0 aromatic heterocycles. The second-order valence-electron chi connectivity index (χ2n) is 19.2. The fourth-order valence-electron chi connectivity index (χ4n) is 9.28. The summed E-state index contributed by atoms with van der Waals surface area (Å²) in [6.45, 7) is 3.83. The largest absolute Gasteiger partial charge is 0.463 e. The normalized spacial score (nSPS) is 16.6. The van der Waals surface area contributed by atoms with E-state index in [1.807, 2.05) is 48.5 Å². The first kappa shape index (κ1) is 62.8. The number of rotatable bonds is 41. The van der Waals surface area contributed by atoms with Crippen molar-refractivity contribution in [2.24, 2.45) is 11.5 Å². The number of anilines is 2. The van der Waals surface area contributed by atoms with Crippen LogP contribution in [0.5, 0.6) is 0 Å². The number of esters is 2. The number of benzene rings is 2. The van der Waals surface area contributed by atoms with Crippen molar-refractivity contribution in [3.63, 3.8) is 0 Å². The fraction of sp³-hybridized carbons (Fsp3) is 0.667. The molecule has 20 heteroatoms. The van der Waals surface area contributed by atoms with Gasteiger partial charge < -0.3 is 41.4 Å². The van der Waals surface area contributed by atoms with E-state index in [9.17, 15) is 28.8 Å². The van der Waals surface area contributed by atoms with Crippen LogP contribution in [0.1, 0.15) is 114 Å². The Labute approximate surface area is 459 Å². The standard InChI is InChI=1S/C54H82Cl4N8O8/c55-23-29-63(30-24-56)43-19-15-41(16-20-43)37-45(59)53(71)73-35-33-65-49(67)39-47(51(65)69)61-27-13-11-9-7-5-3-1-2-4-6-8-10-12-14-28-62-48-40-50(68)66(52(48)70)34-36-74-54(72)46(60)38-42-17-21-44(22-18-42)64(31-25-57)32-26-58/h15-22,45-48,61-62H,1-14,23-40,59-60H2/t45-,46-,47?,48?/m0/s1. The molecule has 4 atom stereocenters. The van der Waals surface area contributed by atoms with E-state index in [1.165, 1.54) is 61.2 Å². The summed E-state index contributed by atoms with van der Waals surface area (Å²) in [5.74, 6) is -0.345. The molecule has 0 saturated carbocycles. The van der Waals surface area contributed by atoms with Crippen LogP contribution in [0.4, 0.5) is 11.4 Å². The molecule has 2 aromatic carbocycles. The van der Waals surface area contributed by atoms with Crippen LogP contribution in [0.3, 0.4) is 0 Å². The van der Waals surface area contributed by atoms with E-state index in [4.69, 9.17) is 67.3 Å². The monoisotopic (exact) mass is 1110 g/mol. The molecule has 2 aliphatic heterocycles. The number of alkyl halides is 4. The van der Waals surface area contributed by atoms with Crippen molar-refractivity contribution in [3.05, 3.63) is 59.7 Å². The summed E-state index contributed by atoms with van der Waals surface area (Å²) < 4.78 is 10.7. The zero-order valence-corrected chi connectivity index (χ0v) is 46.3. The minimum absolute atomic E-state index is 0.00443. The van der Waals surface area contributed by atoms with E-state index in [0.717, 1.165) is 61.0 Å². The zero-order valence-electron chi connectivity index (χ0n) is 43.3. The minimum atomic E-state index is -0.877. The van der Waals surface area contributed by atoms with Gasteiger partial charge in [-0.05, 0) is 74.2 Å². The highest BCUT2D eigenvalue weighted by atomic mass is 35.5. The predicted molar refractivity (Wildman–Crippen MR) is 296 cm³/mol. The third-order valence-electron chi connectivity index (χ3n) is 13.5. The van der Waals surface area contributed by atoms with Gasteiger partial charge in [-0.3, -0.25) is 38.6 Å². The van der Waals surface area contributed by atoms with Crippen LogP contribution in [0.25, 0.3) is 0 Å². The van der Waals surface area contributed by atoms with Gasteiger partial charge in [0.1, 0.15) is 25.3 Å². The number of nitrogens with one attached hydrogen (secondary N) is 2. The van der Waals surface area contributed by atoms with Crippen LogP contribution < -0.4 is 31.9 Å². The van der Waals surface area contributed by atoms with Crippen molar-refractivity contribution in [3.8, 4) is 0 Å². The Kier molecular flexibility index (Phi) is 30.8. The van der Waals surface area contributed by atoms with Gasteiger partial charge in [0.05, 0.1) is 38.0 Å². The molecule has 2 unspecified atom stereocenters. The molecule has 6 N–H and O–H groups in total. The lowest BCUT2D eigenvalue weighted by Crippen LogP contribution is -2.41. The summed E-state index contributed by atoms with van der Waals surface area (Å²) in [6, 6.07) is 12.6. The zero-order chi connectivity index (χ0) is 53.5. The molecule has 0 spiro atoms. The maximum Gasteiger partial charge on any atom is 0.323 e. The van der Waals surface area contributed by atoms with Gasteiger partial charge in [0.15, 0.2) is 0 Å². The third-order valence-corrected chi connectivity index (χ3v) is 14.2. The van der Waals surface area contributed by atoms with Crippen LogP contribution in [-0.2, 0) is 51.1 Å². The maximum atomic E-state index is 12.9. The molecule has 4 amide bonds. The van der Waals surface area contributed by atoms with Gasteiger partial charge in [-0.1, -0.05) is 101 Å². The second kappa shape index (κ2) is 36.3. The van der Waals surface area contributed by atoms with E-state index in [2.05, 4.69) is 20.4 Å². The number of carbonyl (C=O) groups excluding carboxylic acids is 6. The smallest absolute Gasteiger partial charge is 0.323 e. The molecule has 0 aliphatic carbocycles. The lowest BCUT2D eigenvalue weighted by molar-refractivity contribution is -0.149. The molecule has 2 saturated heterocycles. The van der Waals surface area contributed by atoms with Crippen molar-refractivity contribution in [2.45, 2.75) is 140 Å². The highest BCUT2D eigenvalue weighted by Crippen LogP contribution is 2.20. The summed E-state index contributed by atoms with van der Waals surface area (Å²) in [7, 11) is 0. The Morgan fingerprint density at radius 2 is 0.811 bits per heavy atom. The molecule has 74 heavy (non-hydrogen) atoms. The predicted octanol–water partition coefficient (Wildman–Crippen LogP) is 6.68. The van der Waals surface area contributed by atoms with E-state index in [1.54, 1.807) is 0 Å². The molecule has 0 bridgehead atoms. The fourth-order valence-corrected chi connectivity index (χ4v) is 10.1. The number of nitrogens with two attached hydrogens (primary N) is 2. The van der Waals surface area contributed by atoms with Gasteiger partial charge in [-0.15, -0.1) is 46.4 Å². The first-order valence-electron chi connectivity index (χ1n) is 26.8. The van der Waals surface area contributed by atoms with E-state index < -0.39 is 36.1 Å². The SMILES string of the molecule is N[C@@H](Cc1ccc(N(CCCl)CCCl)cc1)C(=O)OCCN1C(=O)CC(NCCCCCCCCCCCCCCCCNC2CC(=O)N(CCOC(=O)[C@@H](N)Cc3ccc(N(CCCl)CCCl)cc3)C2=O)C1=O. The molecule has 2 heterocycles. The summed E-state index contributed by atoms with van der Waals surface area (Å²) in [4.78, 5) is 82.7. The molecule has 414 valence electrons. The topological polar surface area (TPSA) is 210 Å². The van der Waals surface area contributed by atoms with Gasteiger partial charge in [0, 0.05) is 61.1 Å². The molecule has 2 aliphatic rings. The van der Waals surface area contributed by atoms with Gasteiger partial charge in [-0.25, -0.2) is 0 Å². The lowest BCUT2D eigenvalue weighted by Gasteiger charge is -2.23. The molecule has 2 fully saturated rings. The molecule has 16 nitrogen and oxygen atoms in total.